The Balaban J connectivity index is 3.43. The van der Waals surface area contributed by atoms with Crippen molar-refractivity contribution in [3.05, 3.63) is 0 Å². The molecule has 316 valence electrons. The number of amides is 6. The number of ether oxygens (including phenoxy) is 2. The van der Waals surface area contributed by atoms with Gasteiger partial charge in [0.15, 0.2) is 0 Å². The van der Waals surface area contributed by atoms with Gasteiger partial charge in [0, 0.05) is 32.8 Å². The van der Waals surface area contributed by atoms with Crippen LogP contribution in [0.2, 0.25) is 0 Å². The molecule has 17 nitrogen and oxygen atoms in total. The second-order valence-electron chi connectivity index (χ2n) is 16.4. The quantitative estimate of drug-likeness (QED) is 0.145. The fraction of sp³-hybridized carbons (Fsp3) is 0.816. The molecule has 0 aromatic rings. The predicted molar refractivity (Wildman–Crippen MR) is 206 cm³/mol. The van der Waals surface area contributed by atoms with Crippen LogP contribution in [0, 0.1) is 23.7 Å². The van der Waals surface area contributed by atoms with Crippen LogP contribution in [0.4, 0.5) is 0 Å². The zero-order valence-corrected chi connectivity index (χ0v) is 34.5. The van der Waals surface area contributed by atoms with Crippen molar-refractivity contribution in [2.45, 2.75) is 150 Å². The normalized spacial score (nSPS) is 24.3. The van der Waals surface area contributed by atoms with Gasteiger partial charge in [-0.05, 0) is 69.6 Å². The molecule has 1 aliphatic rings. The molecule has 0 aromatic carbocycles. The topological polar surface area (TPSA) is 256 Å². The summed E-state index contributed by atoms with van der Waals surface area (Å²) in [5, 5.41) is 25.9. The molecule has 0 radical (unpaired) electrons. The van der Waals surface area contributed by atoms with Gasteiger partial charge in [-0.1, -0.05) is 55.4 Å². The lowest BCUT2D eigenvalue weighted by atomic mass is 9.97. The van der Waals surface area contributed by atoms with E-state index >= 15 is 0 Å². The summed E-state index contributed by atoms with van der Waals surface area (Å²) in [5.74, 6) is -5.75. The van der Waals surface area contributed by atoms with Gasteiger partial charge in [-0.2, -0.15) is 0 Å². The van der Waals surface area contributed by atoms with Crippen molar-refractivity contribution in [1.82, 2.24) is 31.9 Å². The molecular formula is C38H69N7O10. The second kappa shape index (κ2) is 23.9. The Morgan fingerprint density at radius 3 is 1.75 bits per heavy atom. The van der Waals surface area contributed by atoms with Crippen LogP contribution in [0.1, 0.15) is 108 Å². The Morgan fingerprint density at radius 1 is 0.745 bits per heavy atom. The van der Waals surface area contributed by atoms with Gasteiger partial charge in [-0.15, -0.1) is 0 Å². The van der Waals surface area contributed by atoms with E-state index < -0.39 is 83.2 Å². The highest BCUT2D eigenvalue weighted by molar-refractivity contribution is 5.98. The summed E-state index contributed by atoms with van der Waals surface area (Å²) in [5.41, 5.74) is 4.42. The molecule has 1 fully saturated rings. The molecule has 1 heterocycles. The van der Waals surface area contributed by atoms with Crippen molar-refractivity contribution in [1.29, 1.82) is 0 Å². The molecule has 1 aliphatic heterocycles. The number of hydrogen-bond acceptors (Lipinski definition) is 10. The number of carboxylic acid groups (broad SMARTS) is 1. The number of carboxylic acids is 1. The zero-order chi connectivity index (χ0) is 42.0. The SMILES string of the molecule is CC(C)CC1NC(=O)C(CC(C)C)NC(=O)C(C)(C)NC(=O)C(NC(=O)[C@@H](NC(=O)[C@@H](N)C(C)C)C(C)C)CCOCCCCOCCC(C(=O)O)NC1=O. The number of nitrogens with two attached hydrogens (primary N) is 1. The van der Waals surface area contributed by atoms with Gasteiger partial charge in [0.25, 0.3) is 0 Å². The van der Waals surface area contributed by atoms with Crippen molar-refractivity contribution >= 4 is 41.4 Å². The van der Waals surface area contributed by atoms with Gasteiger partial charge in [0.05, 0.1) is 6.04 Å². The van der Waals surface area contributed by atoms with Crippen LogP contribution in [-0.2, 0) is 43.0 Å². The first-order valence-electron chi connectivity index (χ1n) is 19.6. The van der Waals surface area contributed by atoms with Crippen molar-refractivity contribution in [3.8, 4) is 0 Å². The molecular weight excluding hydrogens is 714 g/mol. The summed E-state index contributed by atoms with van der Waals surface area (Å²) in [6, 6.07) is -6.50. The second-order valence-corrected chi connectivity index (χ2v) is 16.4. The fourth-order valence-corrected chi connectivity index (χ4v) is 5.63. The molecule has 4 unspecified atom stereocenters. The highest BCUT2D eigenvalue weighted by atomic mass is 16.5. The number of rotatable bonds is 11. The zero-order valence-electron chi connectivity index (χ0n) is 34.5. The average molecular weight is 784 g/mol. The van der Waals surface area contributed by atoms with Crippen LogP contribution in [-0.4, -0.2) is 115 Å². The molecule has 0 bridgehead atoms. The number of aliphatic carboxylic acids is 1. The van der Waals surface area contributed by atoms with E-state index in [4.69, 9.17) is 15.2 Å². The molecule has 0 aliphatic carbocycles. The third-order valence-corrected chi connectivity index (χ3v) is 9.12. The van der Waals surface area contributed by atoms with E-state index in [0.29, 0.717) is 26.1 Å². The van der Waals surface area contributed by atoms with E-state index in [-0.39, 0.29) is 62.6 Å². The van der Waals surface area contributed by atoms with E-state index in [2.05, 4.69) is 31.9 Å². The van der Waals surface area contributed by atoms with Crippen LogP contribution in [0.15, 0.2) is 0 Å². The van der Waals surface area contributed by atoms with Crippen molar-refractivity contribution < 1.29 is 48.1 Å². The maximum Gasteiger partial charge on any atom is 0.326 e. The molecule has 1 saturated heterocycles. The van der Waals surface area contributed by atoms with Crippen molar-refractivity contribution in [2.24, 2.45) is 29.4 Å². The van der Waals surface area contributed by atoms with Crippen molar-refractivity contribution in [2.75, 3.05) is 26.4 Å². The highest BCUT2D eigenvalue weighted by Gasteiger charge is 2.38. The van der Waals surface area contributed by atoms with E-state index in [0.717, 1.165) is 0 Å². The van der Waals surface area contributed by atoms with Gasteiger partial charge in [-0.25, -0.2) is 4.79 Å². The van der Waals surface area contributed by atoms with Gasteiger partial charge in [0.2, 0.25) is 35.4 Å². The van der Waals surface area contributed by atoms with E-state index in [9.17, 15) is 38.7 Å². The van der Waals surface area contributed by atoms with Crippen LogP contribution in [0.3, 0.4) is 0 Å². The third-order valence-electron chi connectivity index (χ3n) is 9.12. The lowest BCUT2D eigenvalue weighted by Crippen LogP contribution is -2.63. The molecule has 1 rings (SSSR count). The highest BCUT2D eigenvalue weighted by Crippen LogP contribution is 2.13. The smallest absolute Gasteiger partial charge is 0.326 e. The van der Waals surface area contributed by atoms with Gasteiger partial charge < -0.3 is 52.2 Å². The molecule has 0 spiro atoms. The minimum absolute atomic E-state index is 0.00104. The predicted octanol–water partition coefficient (Wildman–Crippen LogP) is 0.729. The molecule has 9 N–H and O–H groups in total. The number of nitrogens with one attached hydrogen (secondary N) is 6. The maximum absolute atomic E-state index is 13.8. The minimum Gasteiger partial charge on any atom is -0.480 e. The summed E-state index contributed by atoms with van der Waals surface area (Å²) in [6.07, 6.45) is 1.59. The molecule has 0 aromatic heterocycles. The Bertz CT molecular complexity index is 1290. The van der Waals surface area contributed by atoms with Crippen LogP contribution >= 0.6 is 0 Å². The first-order chi connectivity index (χ1) is 25.6. The Kier molecular flexibility index (Phi) is 21.4. The summed E-state index contributed by atoms with van der Waals surface area (Å²) in [6.45, 7) is 18.1. The monoisotopic (exact) mass is 784 g/mol. The Morgan fingerprint density at radius 2 is 1.25 bits per heavy atom. The minimum atomic E-state index is -1.59. The number of carbonyl (C=O) groups excluding carboxylic acids is 6. The van der Waals surface area contributed by atoms with Gasteiger partial charge in [-0.3, -0.25) is 28.8 Å². The molecule has 6 atom stereocenters. The average Bonchev–Trinajstić information content (AvgIpc) is 3.07. The number of hydrogen-bond donors (Lipinski definition) is 8. The number of carbonyl (C=O) groups is 7. The van der Waals surface area contributed by atoms with Crippen LogP contribution in [0.25, 0.3) is 0 Å². The summed E-state index contributed by atoms with van der Waals surface area (Å²) in [4.78, 5) is 93.1. The summed E-state index contributed by atoms with van der Waals surface area (Å²) < 4.78 is 11.4. The fourth-order valence-electron chi connectivity index (χ4n) is 5.63. The van der Waals surface area contributed by atoms with E-state index in [1.54, 1.807) is 27.7 Å². The largest absolute Gasteiger partial charge is 0.480 e. The van der Waals surface area contributed by atoms with E-state index in [1.165, 1.54) is 13.8 Å². The first-order valence-corrected chi connectivity index (χ1v) is 19.6. The van der Waals surface area contributed by atoms with Crippen LogP contribution in [0.5, 0.6) is 0 Å². The molecule has 17 heteroatoms. The Labute approximate surface area is 326 Å². The Hall–Kier alpha value is -3.83. The lowest BCUT2D eigenvalue weighted by Gasteiger charge is -2.32. The third kappa shape index (κ3) is 18.1. The standard InChI is InChI=1S/C38H69N7O10/c1-21(2)19-27-31(46)41-26(36(51)52)14-18-55-16-12-11-15-54-17-13-25(40-35(50)30(24(7)8)44-34(49)29(39)23(5)6)33(48)45-38(9,10)37(53)43-28(20-22(3)4)32(47)42-27/h21-30H,11-20,39H2,1-10H3,(H,40,50)(H,41,46)(H,42,47)(H,43,53)(H,44,49)(H,45,48)(H,51,52)/t25?,26?,27?,28?,29-,30-/m0/s1. The van der Waals surface area contributed by atoms with E-state index in [1.807, 2.05) is 27.7 Å². The first kappa shape index (κ1) is 49.2. The maximum atomic E-state index is 13.8. The van der Waals surface area contributed by atoms with Gasteiger partial charge in [0.1, 0.15) is 35.7 Å². The summed E-state index contributed by atoms with van der Waals surface area (Å²) in [7, 11) is 0. The molecule has 0 saturated carbocycles. The van der Waals surface area contributed by atoms with Gasteiger partial charge >= 0.3 is 5.97 Å². The summed E-state index contributed by atoms with van der Waals surface area (Å²) >= 11 is 0. The molecule has 55 heavy (non-hydrogen) atoms. The lowest BCUT2D eigenvalue weighted by molar-refractivity contribution is -0.143. The molecule has 6 amide bonds. The van der Waals surface area contributed by atoms with Crippen molar-refractivity contribution in [3.63, 3.8) is 0 Å². The van der Waals surface area contributed by atoms with Crippen LogP contribution < -0.4 is 37.6 Å².